The van der Waals surface area contributed by atoms with Crippen molar-refractivity contribution in [2.45, 2.75) is 124 Å². The van der Waals surface area contributed by atoms with Crippen molar-refractivity contribution in [2.75, 3.05) is 11.5 Å². The van der Waals surface area contributed by atoms with Gasteiger partial charge in [-0.3, -0.25) is 0 Å². The van der Waals surface area contributed by atoms with Crippen LogP contribution in [0, 0.1) is 51.8 Å². The predicted molar refractivity (Wildman–Crippen MR) is 157 cm³/mol. The third-order valence-electron chi connectivity index (χ3n) is 12.9. The summed E-state index contributed by atoms with van der Waals surface area (Å²) in [5.74, 6) is 4.98. The first-order valence-electron chi connectivity index (χ1n) is 15.8. The number of nitrogen functional groups attached to an aromatic ring is 2. The molecule has 3 nitrogen and oxygen atoms in total. The zero-order valence-corrected chi connectivity index (χ0v) is 24.6. The molecule has 0 radical (unpaired) electrons. The lowest BCUT2D eigenvalue weighted by Crippen LogP contribution is -2.60. The molecule has 0 saturated heterocycles. The van der Waals surface area contributed by atoms with Crippen molar-refractivity contribution in [3.05, 3.63) is 23.8 Å². The molecule has 0 spiro atoms. The second kappa shape index (κ2) is 10.1. The van der Waals surface area contributed by atoms with Crippen LogP contribution in [0.15, 0.2) is 18.2 Å². The standard InChI is InChI=1S/C34H56N2O/c1-22(2)8-6-7-9-24-11-14-27-26-13-15-30-33(4,28(26)16-18-32(24,27)3)19-17-31(37)34(30,5)21-23-10-12-25(35)20-29(23)36/h10,12,20,22,24,26-28,30-31,37H,6-9,11,13-19,21,35-36H2,1-5H3. The number of rotatable bonds is 7. The number of aliphatic hydroxyl groups is 1. The van der Waals surface area contributed by atoms with Gasteiger partial charge in [-0.15, -0.1) is 0 Å². The number of aliphatic hydroxyl groups excluding tert-OH is 1. The van der Waals surface area contributed by atoms with Crippen LogP contribution in [0.5, 0.6) is 0 Å². The topological polar surface area (TPSA) is 72.3 Å². The molecular weight excluding hydrogens is 452 g/mol. The molecule has 1 aromatic rings. The first-order valence-corrected chi connectivity index (χ1v) is 15.8. The average molecular weight is 509 g/mol. The van der Waals surface area contributed by atoms with Gasteiger partial charge in [0.1, 0.15) is 0 Å². The summed E-state index contributed by atoms with van der Waals surface area (Å²) in [6, 6.07) is 5.97. The number of hydrogen-bond acceptors (Lipinski definition) is 3. The van der Waals surface area contributed by atoms with Crippen molar-refractivity contribution in [3.8, 4) is 0 Å². The number of benzene rings is 1. The first-order chi connectivity index (χ1) is 17.5. The first kappa shape index (κ1) is 27.4. The Labute approximate surface area is 227 Å². The van der Waals surface area contributed by atoms with Crippen LogP contribution < -0.4 is 11.5 Å². The van der Waals surface area contributed by atoms with E-state index in [1.807, 2.05) is 12.1 Å². The Morgan fingerprint density at radius 3 is 2.35 bits per heavy atom. The zero-order valence-electron chi connectivity index (χ0n) is 24.6. The number of fused-ring (bicyclic) bond motifs is 5. The molecule has 0 heterocycles. The number of nitrogens with two attached hydrogens (primary N) is 2. The van der Waals surface area contributed by atoms with Gasteiger partial charge < -0.3 is 16.6 Å². The summed E-state index contributed by atoms with van der Waals surface area (Å²) in [5.41, 5.74) is 15.9. The minimum absolute atomic E-state index is 0.127. The Bertz CT molecular complexity index is 959. The highest BCUT2D eigenvalue weighted by atomic mass is 16.3. The minimum Gasteiger partial charge on any atom is -0.399 e. The van der Waals surface area contributed by atoms with Crippen LogP contribution in [0.25, 0.3) is 0 Å². The molecule has 5 rings (SSSR count). The second-order valence-electron chi connectivity index (χ2n) is 15.2. The van der Waals surface area contributed by atoms with Crippen molar-refractivity contribution in [3.63, 3.8) is 0 Å². The summed E-state index contributed by atoms with van der Waals surface area (Å²) in [5, 5.41) is 11.5. The van der Waals surface area contributed by atoms with Gasteiger partial charge in [-0.05, 0) is 128 Å². The van der Waals surface area contributed by atoms with Crippen LogP contribution in [-0.4, -0.2) is 11.2 Å². The summed E-state index contributed by atoms with van der Waals surface area (Å²) >= 11 is 0. The maximum Gasteiger partial charge on any atom is 0.0600 e. The smallest absolute Gasteiger partial charge is 0.0600 e. The zero-order chi connectivity index (χ0) is 26.6. The number of anilines is 2. The van der Waals surface area contributed by atoms with E-state index in [4.69, 9.17) is 11.5 Å². The summed E-state index contributed by atoms with van der Waals surface area (Å²) in [4.78, 5) is 0. The molecule has 3 heteroatoms. The quantitative estimate of drug-likeness (QED) is 0.256. The Hall–Kier alpha value is -1.22. The van der Waals surface area contributed by atoms with Gasteiger partial charge in [0.2, 0.25) is 0 Å². The fourth-order valence-electron chi connectivity index (χ4n) is 10.9. The average Bonchev–Trinajstić information content (AvgIpc) is 3.17. The van der Waals surface area contributed by atoms with E-state index in [1.54, 1.807) is 0 Å². The summed E-state index contributed by atoms with van der Waals surface area (Å²) < 4.78 is 0. The molecule has 0 aromatic heterocycles. The Morgan fingerprint density at radius 2 is 1.62 bits per heavy atom. The fourth-order valence-corrected chi connectivity index (χ4v) is 10.9. The van der Waals surface area contributed by atoms with Crippen LogP contribution in [0.1, 0.15) is 117 Å². The van der Waals surface area contributed by atoms with Crippen molar-refractivity contribution < 1.29 is 5.11 Å². The molecular formula is C34H56N2O. The Kier molecular flexibility index (Phi) is 7.44. The molecule has 4 aliphatic carbocycles. The van der Waals surface area contributed by atoms with E-state index >= 15 is 0 Å². The van der Waals surface area contributed by atoms with Crippen LogP contribution >= 0.6 is 0 Å². The maximum absolute atomic E-state index is 11.5. The molecule has 9 atom stereocenters. The lowest BCUT2D eigenvalue weighted by Gasteiger charge is -2.65. The largest absolute Gasteiger partial charge is 0.399 e. The van der Waals surface area contributed by atoms with Crippen LogP contribution in [0.3, 0.4) is 0 Å². The van der Waals surface area contributed by atoms with Crippen LogP contribution in [0.2, 0.25) is 0 Å². The molecule has 4 aliphatic rings. The van der Waals surface area contributed by atoms with Gasteiger partial charge in [-0.2, -0.15) is 0 Å². The molecule has 0 bridgehead atoms. The van der Waals surface area contributed by atoms with Crippen LogP contribution in [-0.2, 0) is 6.42 Å². The minimum atomic E-state index is -0.255. The molecule has 9 unspecified atom stereocenters. The van der Waals surface area contributed by atoms with Gasteiger partial charge in [0.25, 0.3) is 0 Å². The van der Waals surface area contributed by atoms with Crippen molar-refractivity contribution in [2.24, 2.45) is 51.8 Å². The molecule has 4 saturated carbocycles. The molecule has 208 valence electrons. The van der Waals surface area contributed by atoms with Crippen molar-refractivity contribution >= 4 is 11.4 Å². The SMILES string of the molecule is CC(C)CCCCC1CCC2C3CCC4C(C)(Cc5ccc(N)cc5N)C(O)CCC4(C)C3CCC12C. The van der Waals surface area contributed by atoms with Gasteiger partial charge >= 0.3 is 0 Å². The van der Waals surface area contributed by atoms with E-state index in [0.717, 1.165) is 59.4 Å². The highest BCUT2D eigenvalue weighted by Gasteiger charge is 2.63. The highest BCUT2D eigenvalue weighted by molar-refractivity contribution is 5.57. The van der Waals surface area contributed by atoms with E-state index in [9.17, 15) is 5.11 Å². The molecule has 0 amide bonds. The van der Waals surface area contributed by atoms with E-state index in [2.05, 4.69) is 40.7 Å². The third kappa shape index (κ3) is 4.64. The van der Waals surface area contributed by atoms with Gasteiger partial charge in [-0.1, -0.05) is 59.9 Å². The van der Waals surface area contributed by atoms with E-state index in [-0.39, 0.29) is 11.5 Å². The fraction of sp³-hybridized carbons (Fsp3) is 0.824. The summed E-state index contributed by atoms with van der Waals surface area (Å²) in [6.45, 7) is 12.4. The van der Waals surface area contributed by atoms with Gasteiger partial charge in [0.05, 0.1) is 6.10 Å². The van der Waals surface area contributed by atoms with E-state index in [1.165, 1.54) is 70.6 Å². The highest BCUT2D eigenvalue weighted by Crippen LogP contribution is 2.70. The normalized spacial score (nSPS) is 43.3. The summed E-state index contributed by atoms with van der Waals surface area (Å²) in [7, 11) is 0. The van der Waals surface area contributed by atoms with Gasteiger partial charge in [-0.25, -0.2) is 0 Å². The van der Waals surface area contributed by atoms with Crippen molar-refractivity contribution in [1.82, 2.24) is 0 Å². The summed E-state index contributed by atoms with van der Waals surface area (Å²) in [6.07, 6.45) is 16.8. The molecule has 5 N–H and O–H groups in total. The molecule has 0 aliphatic heterocycles. The van der Waals surface area contributed by atoms with E-state index in [0.29, 0.717) is 16.7 Å². The van der Waals surface area contributed by atoms with Crippen molar-refractivity contribution in [1.29, 1.82) is 0 Å². The third-order valence-corrected chi connectivity index (χ3v) is 12.9. The number of unbranched alkanes of at least 4 members (excludes halogenated alkanes) is 1. The maximum atomic E-state index is 11.5. The lowest BCUT2D eigenvalue weighted by molar-refractivity contribution is -0.183. The lowest BCUT2D eigenvalue weighted by atomic mass is 9.40. The molecule has 4 fully saturated rings. The molecule has 1 aromatic carbocycles. The van der Waals surface area contributed by atoms with E-state index < -0.39 is 0 Å². The Morgan fingerprint density at radius 1 is 0.892 bits per heavy atom. The molecule has 37 heavy (non-hydrogen) atoms. The predicted octanol–water partition coefficient (Wildman–Crippen LogP) is 8.25. The monoisotopic (exact) mass is 508 g/mol. The van der Waals surface area contributed by atoms with Gasteiger partial charge in [0.15, 0.2) is 0 Å². The second-order valence-corrected chi connectivity index (χ2v) is 15.2. The number of hydrogen-bond donors (Lipinski definition) is 3. The van der Waals surface area contributed by atoms with Crippen LogP contribution in [0.4, 0.5) is 11.4 Å². The van der Waals surface area contributed by atoms with Gasteiger partial charge in [0, 0.05) is 16.8 Å². The Balaban J connectivity index is 1.34.